The van der Waals surface area contributed by atoms with Crippen LogP contribution in [0.3, 0.4) is 0 Å². The molecular weight excluding hydrogens is 398 g/mol. The van der Waals surface area contributed by atoms with E-state index in [-0.39, 0.29) is 26.4 Å². The molecule has 1 saturated heterocycles. The number of hydrogen-bond donors (Lipinski definition) is 2. The van der Waals surface area contributed by atoms with Crippen molar-refractivity contribution in [2.75, 3.05) is 0 Å². The van der Waals surface area contributed by atoms with Gasteiger partial charge in [-0.2, -0.15) is 5.10 Å². The number of carbonyl (C=O) groups excluding carboxylic acids is 1. The Kier molecular flexibility index (Phi) is 5.26. The average Bonchev–Trinajstić information content (AvgIpc) is 3.15. The molecule has 4 rings (SSSR count). The Hall–Kier alpha value is -2.08. The first kappa shape index (κ1) is 24.1. The summed E-state index contributed by atoms with van der Waals surface area (Å²) in [5.41, 5.74) is 8.86. The van der Waals surface area contributed by atoms with Gasteiger partial charge in [0, 0.05) is 11.6 Å². The molecule has 158 valence electrons. The zero-order chi connectivity index (χ0) is 24.6. The molecule has 1 aliphatic heterocycles. The minimum atomic E-state index is -0.464. The fourth-order valence-electron chi connectivity index (χ4n) is 6.30. The first-order chi connectivity index (χ1) is 15.1. The summed E-state index contributed by atoms with van der Waals surface area (Å²) in [6.07, 6.45) is 1.94. The smallest absolute Gasteiger partial charge is 0.250 e. The molecule has 0 saturated carbocycles. The minimum Gasteiger partial charge on any atom is -0.366 e. The summed E-state index contributed by atoms with van der Waals surface area (Å²) in [6, 6.07) is 14.2. The monoisotopic (exact) mass is 428 g/mol. The second-order valence-electron chi connectivity index (χ2n) is 12.0. The number of benzene rings is 2. The maximum absolute atomic E-state index is 11.8. The standard InChI is InChI=1S/C19H29B9N4O/c20-15(16(21,22)17(23,24)19(27,28)31-18(15,25)26)10-4-6-11(7-5-10)32-8-9-2-1-3-12(14(29)33)13(9)30-32/h1-8,31H,20-28H2,(H2,29,33). The van der Waals surface area contributed by atoms with Crippen molar-refractivity contribution in [3.8, 4) is 5.69 Å². The Morgan fingerprint density at radius 3 is 2.03 bits per heavy atom. The van der Waals surface area contributed by atoms with E-state index in [1.807, 2.05) is 23.0 Å². The van der Waals surface area contributed by atoms with Crippen molar-refractivity contribution >= 4 is 87.4 Å². The molecule has 1 fully saturated rings. The number of nitrogens with zero attached hydrogens (tertiary/aromatic N) is 2. The predicted octanol–water partition coefficient (Wildman–Crippen LogP) is -6.84. The minimum absolute atomic E-state index is 0.00344. The molecule has 1 aromatic heterocycles. The molecule has 0 spiro atoms. The molecule has 1 atom stereocenters. The third-order valence-electron chi connectivity index (χ3n) is 9.76. The number of amides is 1. The number of hydrogen-bond acceptors (Lipinski definition) is 3. The Labute approximate surface area is 204 Å². The predicted molar refractivity (Wildman–Crippen MR) is 162 cm³/mol. The second-order valence-corrected chi connectivity index (χ2v) is 12.0. The van der Waals surface area contributed by atoms with Crippen molar-refractivity contribution in [3.05, 3.63) is 59.8 Å². The summed E-state index contributed by atoms with van der Waals surface area (Å²) in [6.45, 7) is 0. The summed E-state index contributed by atoms with van der Waals surface area (Å²) >= 11 is 0. The number of nitrogens with two attached hydrogens (primary N) is 1. The zero-order valence-electron chi connectivity index (χ0n) is 21.5. The Morgan fingerprint density at radius 2 is 1.45 bits per heavy atom. The molecule has 5 nitrogen and oxygen atoms in total. The van der Waals surface area contributed by atoms with Gasteiger partial charge in [-0.1, -0.05) is 45.6 Å². The molecule has 0 bridgehead atoms. The van der Waals surface area contributed by atoms with Crippen LogP contribution in [0.25, 0.3) is 16.6 Å². The van der Waals surface area contributed by atoms with Gasteiger partial charge >= 0.3 is 0 Å². The quantitative estimate of drug-likeness (QED) is 0.409. The van der Waals surface area contributed by atoms with Gasteiger partial charge in [-0.15, -0.1) is 0 Å². The lowest BCUT2D eigenvalue weighted by atomic mass is 9.08. The number of rotatable bonds is 3. The summed E-state index contributed by atoms with van der Waals surface area (Å²) in [5.74, 6) is -0.464. The maximum Gasteiger partial charge on any atom is 0.250 e. The van der Waals surface area contributed by atoms with Crippen LogP contribution in [0.2, 0.25) is 10.4 Å². The Balaban J connectivity index is 1.80. The largest absolute Gasteiger partial charge is 0.366 e. The number of carbonyl (C=O) groups is 1. The lowest BCUT2D eigenvalue weighted by Gasteiger charge is -2.73. The van der Waals surface area contributed by atoms with E-state index in [0.29, 0.717) is 11.1 Å². The van der Waals surface area contributed by atoms with Gasteiger partial charge in [-0.3, -0.25) is 4.79 Å². The van der Waals surface area contributed by atoms with Crippen LogP contribution in [0.15, 0.2) is 48.7 Å². The van der Waals surface area contributed by atoms with Crippen LogP contribution in [-0.2, 0) is 5.31 Å². The number of aromatic nitrogens is 2. The maximum atomic E-state index is 11.8. The number of primary amides is 1. The van der Waals surface area contributed by atoms with Crippen LogP contribution >= 0.6 is 0 Å². The van der Waals surface area contributed by atoms with Crippen LogP contribution in [0.5, 0.6) is 0 Å². The van der Waals surface area contributed by atoms with Crippen molar-refractivity contribution < 1.29 is 4.79 Å². The van der Waals surface area contributed by atoms with Gasteiger partial charge < -0.3 is 11.1 Å². The van der Waals surface area contributed by atoms with E-state index in [1.54, 1.807) is 6.07 Å². The molecule has 1 unspecified atom stereocenters. The highest BCUT2D eigenvalue weighted by Gasteiger charge is 2.64. The van der Waals surface area contributed by atoms with E-state index >= 15 is 0 Å². The first-order valence-corrected chi connectivity index (χ1v) is 11.8. The topological polar surface area (TPSA) is 72.9 Å². The van der Waals surface area contributed by atoms with Crippen LogP contribution in [0.4, 0.5) is 0 Å². The molecule has 1 aliphatic rings. The molecule has 2 heterocycles. The van der Waals surface area contributed by atoms with Crippen molar-refractivity contribution in [1.82, 2.24) is 15.1 Å². The fraction of sp³-hybridized carbons (Fsp3) is 0.263. The van der Waals surface area contributed by atoms with E-state index in [4.69, 9.17) is 5.73 Å². The van der Waals surface area contributed by atoms with E-state index in [9.17, 15) is 4.79 Å². The third kappa shape index (κ3) is 3.16. The van der Waals surface area contributed by atoms with Crippen molar-refractivity contribution in [2.45, 2.75) is 26.4 Å². The third-order valence-corrected chi connectivity index (χ3v) is 9.76. The fourth-order valence-corrected chi connectivity index (χ4v) is 6.30. The zero-order valence-corrected chi connectivity index (χ0v) is 21.5. The lowest BCUT2D eigenvalue weighted by molar-refractivity contribution is 0.100. The van der Waals surface area contributed by atoms with E-state index in [2.05, 4.69) is 105 Å². The van der Waals surface area contributed by atoms with E-state index in [0.717, 1.165) is 11.1 Å². The highest BCUT2D eigenvalue weighted by Crippen LogP contribution is 2.63. The van der Waals surface area contributed by atoms with Crippen molar-refractivity contribution in [3.63, 3.8) is 0 Å². The molecule has 3 N–H and O–H groups in total. The molecule has 14 heteroatoms. The molecule has 33 heavy (non-hydrogen) atoms. The molecular formula is C19H29B9N4O. The SMILES string of the molecule is BC1(B)NC(B)(B)C(B)(c2ccc(-n3cc4cccc(C(N)=O)c4n3)cc2)C(B)(B)C1(B)B. The molecule has 1 amide bonds. The molecule has 0 aliphatic carbocycles. The van der Waals surface area contributed by atoms with Gasteiger partial charge in [0.2, 0.25) is 0 Å². The van der Waals surface area contributed by atoms with Gasteiger partial charge in [0.05, 0.1) is 42.6 Å². The number of nitrogens with one attached hydrogen (secondary N) is 1. The first-order valence-electron chi connectivity index (χ1n) is 11.8. The number of fused-ring (bicyclic) bond motifs is 1. The van der Waals surface area contributed by atoms with Crippen LogP contribution < -0.4 is 11.1 Å². The van der Waals surface area contributed by atoms with E-state index < -0.39 is 5.91 Å². The van der Waals surface area contributed by atoms with Gasteiger partial charge in [0.1, 0.15) is 44.7 Å². The summed E-state index contributed by atoms with van der Waals surface area (Å²) in [4.78, 5) is 11.8. The van der Waals surface area contributed by atoms with Gasteiger partial charge in [-0.05, 0) is 28.9 Å². The average molecular weight is 427 g/mol. The highest BCUT2D eigenvalue weighted by molar-refractivity contribution is 6.65. The van der Waals surface area contributed by atoms with Gasteiger partial charge in [0.25, 0.3) is 5.91 Å². The molecule has 0 radical (unpaired) electrons. The van der Waals surface area contributed by atoms with Gasteiger partial charge in [-0.25, -0.2) is 4.68 Å². The molecule has 3 aromatic rings. The van der Waals surface area contributed by atoms with Gasteiger partial charge in [0.15, 0.2) is 0 Å². The Morgan fingerprint density at radius 1 is 0.848 bits per heavy atom. The second kappa shape index (κ2) is 7.21. The van der Waals surface area contributed by atoms with Crippen LogP contribution in [-0.4, -0.2) is 97.0 Å². The molecule has 2 aromatic carbocycles. The normalized spacial score (nSPS) is 24.8. The van der Waals surface area contributed by atoms with Crippen molar-refractivity contribution in [2.24, 2.45) is 5.73 Å². The lowest BCUT2D eigenvalue weighted by Crippen LogP contribution is -2.83. The summed E-state index contributed by atoms with van der Waals surface area (Å²) in [7, 11) is 21.3. The van der Waals surface area contributed by atoms with Crippen molar-refractivity contribution in [1.29, 1.82) is 0 Å². The Bertz CT molecular complexity index is 1260. The summed E-state index contributed by atoms with van der Waals surface area (Å²) < 4.78 is 1.83. The number of piperidine rings is 1. The summed E-state index contributed by atoms with van der Waals surface area (Å²) in [5, 5.41) is 9.29. The van der Waals surface area contributed by atoms with Crippen LogP contribution in [0.1, 0.15) is 15.9 Å². The van der Waals surface area contributed by atoms with E-state index in [1.165, 1.54) is 5.56 Å². The van der Waals surface area contributed by atoms with Crippen LogP contribution in [0, 0.1) is 0 Å². The highest BCUT2D eigenvalue weighted by atomic mass is 16.1.